The lowest BCUT2D eigenvalue weighted by Crippen LogP contribution is -2.42. The zero-order valence-electron chi connectivity index (χ0n) is 25.2. The Hall–Kier alpha value is -3.24. The van der Waals surface area contributed by atoms with Crippen molar-refractivity contribution >= 4 is 11.8 Å². The first-order valence-corrected chi connectivity index (χ1v) is 16.0. The number of carbonyl (C=O) groups excluding carboxylic acids is 2. The third-order valence-electron chi connectivity index (χ3n) is 8.89. The van der Waals surface area contributed by atoms with Crippen LogP contribution in [0.2, 0.25) is 0 Å². The van der Waals surface area contributed by atoms with Crippen molar-refractivity contribution in [1.82, 2.24) is 5.01 Å². The van der Waals surface area contributed by atoms with Crippen molar-refractivity contribution in [1.29, 1.82) is 0 Å². The normalized spacial score (nSPS) is 13.0. The van der Waals surface area contributed by atoms with E-state index >= 15 is 0 Å². The molecule has 4 nitrogen and oxygen atoms in total. The first kappa shape index (κ1) is 30.7. The van der Waals surface area contributed by atoms with E-state index in [1.54, 1.807) is 24.3 Å². The Kier molecular flexibility index (Phi) is 11.3. The summed E-state index contributed by atoms with van der Waals surface area (Å²) in [6.07, 6.45) is 17.2. The van der Waals surface area contributed by atoms with E-state index in [-0.39, 0.29) is 5.41 Å². The van der Waals surface area contributed by atoms with Crippen molar-refractivity contribution < 1.29 is 9.59 Å². The van der Waals surface area contributed by atoms with Crippen LogP contribution in [-0.4, -0.2) is 16.8 Å². The largest absolute Gasteiger partial charge is 0.275 e. The van der Waals surface area contributed by atoms with Gasteiger partial charge < -0.3 is 0 Å². The first-order chi connectivity index (χ1) is 20.0. The van der Waals surface area contributed by atoms with Gasteiger partial charge in [0.2, 0.25) is 0 Å². The number of unbranched alkanes of at least 4 members (excludes halogenated alkanes) is 10. The number of hydrogen-bond donors (Lipinski definition) is 1. The fourth-order valence-electron chi connectivity index (χ4n) is 6.62. The molecule has 3 aromatic carbocycles. The molecule has 41 heavy (non-hydrogen) atoms. The molecule has 0 fully saturated rings. The van der Waals surface area contributed by atoms with E-state index in [1.165, 1.54) is 99.3 Å². The number of carbonyl (C=O) groups is 2. The molecule has 0 saturated carbocycles. The average molecular weight is 553 g/mol. The van der Waals surface area contributed by atoms with Gasteiger partial charge in [-0.15, -0.1) is 0 Å². The highest BCUT2D eigenvalue weighted by molar-refractivity contribution is 6.10. The van der Waals surface area contributed by atoms with Crippen LogP contribution in [0.15, 0.2) is 72.8 Å². The number of fused-ring (bicyclic) bond motifs is 3. The second-order valence-electron chi connectivity index (χ2n) is 11.8. The lowest BCUT2D eigenvalue weighted by atomic mass is 9.70. The van der Waals surface area contributed by atoms with Gasteiger partial charge in [0, 0.05) is 16.5 Å². The summed E-state index contributed by atoms with van der Waals surface area (Å²) in [4.78, 5) is 26.5. The number of hydrogen-bond acceptors (Lipinski definition) is 3. The number of benzene rings is 3. The maximum atomic E-state index is 13.5. The summed E-state index contributed by atoms with van der Waals surface area (Å²) in [7, 11) is 0. The van der Waals surface area contributed by atoms with Gasteiger partial charge in [0.15, 0.2) is 0 Å². The standard InChI is InChI=1S/C37H48N2O2/c1-3-5-7-9-11-18-26-37(27-19-12-10-8-6-4-2)33-23-17-16-22-31(33)32-25-24-30(28-34(32)37)36(41)39(38)35(40)29-20-14-13-15-21-29/h13-17,20-25,28H,3-12,18-19,26-27,38H2,1-2H3. The number of amides is 2. The molecule has 0 aromatic heterocycles. The molecule has 4 rings (SSSR count). The summed E-state index contributed by atoms with van der Waals surface area (Å²) in [5.41, 5.74) is 5.87. The van der Waals surface area contributed by atoms with Gasteiger partial charge >= 0.3 is 0 Å². The lowest BCUT2D eigenvalue weighted by Gasteiger charge is -2.33. The number of rotatable bonds is 16. The van der Waals surface area contributed by atoms with Crippen molar-refractivity contribution in [3.8, 4) is 11.1 Å². The van der Waals surface area contributed by atoms with Gasteiger partial charge in [-0.3, -0.25) is 9.59 Å². The van der Waals surface area contributed by atoms with Gasteiger partial charge in [0.1, 0.15) is 0 Å². The fraction of sp³-hybridized carbons (Fsp3) is 0.459. The summed E-state index contributed by atoms with van der Waals surface area (Å²) in [6.45, 7) is 4.52. The van der Waals surface area contributed by atoms with E-state index in [4.69, 9.17) is 5.84 Å². The topological polar surface area (TPSA) is 63.4 Å². The van der Waals surface area contributed by atoms with Crippen LogP contribution in [0, 0.1) is 0 Å². The van der Waals surface area contributed by atoms with Crippen LogP contribution < -0.4 is 5.84 Å². The molecule has 1 aliphatic rings. The molecule has 2 amide bonds. The Bertz CT molecular complexity index is 1270. The number of nitrogens with two attached hydrogens (primary N) is 1. The van der Waals surface area contributed by atoms with Crippen LogP contribution in [0.3, 0.4) is 0 Å². The van der Waals surface area contributed by atoms with E-state index in [9.17, 15) is 9.59 Å². The van der Waals surface area contributed by atoms with E-state index in [2.05, 4.69) is 44.2 Å². The maximum Gasteiger partial charge on any atom is 0.275 e. The van der Waals surface area contributed by atoms with Crippen molar-refractivity contribution in [3.05, 3.63) is 95.1 Å². The minimum absolute atomic E-state index is 0.124. The number of hydrazine groups is 1. The maximum absolute atomic E-state index is 13.5. The highest BCUT2D eigenvalue weighted by Crippen LogP contribution is 2.54. The molecule has 0 aliphatic heterocycles. The third-order valence-corrected chi connectivity index (χ3v) is 8.89. The smallest absolute Gasteiger partial charge is 0.267 e. The third kappa shape index (κ3) is 7.16. The Morgan fingerprint density at radius 2 is 1.10 bits per heavy atom. The highest BCUT2D eigenvalue weighted by Gasteiger charge is 2.42. The molecule has 0 saturated heterocycles. The van der Waals surface area contributed by atoms with Crippen LogP contribution in [-0.2, 0) is 5.41 Å². The van der Waals surface area contributed by atoms with Crippen molar-refractivity contribution in [2.24, 2.45) is 5.84 Å². The van der Waals surface area contributed by atoms with Crippen LogP contribution in [0.1, 0.15) is 136 Å². The van der Waals surface area contributed by atoms with E-state index in [1.807, 2.05) is 18.2 Å². The van der Waals surface area contributed by atoms with Crippen LogP contribution in [0.5, 0.6) is 0 Å². The summed E-state index contributed by atoms with van der Waals surface area (Å²) < 4.78 is 0. The van der Waals surface area contributed by atoms with Crippen LogP contribution in [0.4, 0.5) is 0 Å². The lowest BCUT2D eigenvalue weighted by molar-refractivity contribution is 0.0615. The SMILES string of the molecule is CCCCCCCCC1(CCCCCCCC)c2ccccc2-c2ccc(C(=O)N(N)C(=O)c3ccccc3)cc21. The summed E-state index contributed by atoms with van der Waals surface area (Å²) in [6, 6.07) is 23.5. The molecular weight excluding hydrogens is 504 g/mol. The first-order valence-electron chi connectivity index (χ1n) is 16.0. The van der Waals surface area contributed by atoms with Gasteiger partial charge in [-0.25, -0.2) is 10.9 Å². The van der Waals surface area contributed by atoms with Crippen molar-refractivity contribution in [2.75, 3.05) is 0 Å². The number of nitrogens with zero attached hydrogens (tertiary/aromatic N) is 1. The molecule has 0 spiro atoms. The summed E-state index contributed by atoms with van der Waals surface area (Å²) in [5, 5.41) is 0.766. The molecule has 3 aromatic rings. The Labute approximate surface area is 247 Å². The molecule has 0 unspecified atom stereocenters. The monoisotopic (exact) mass is 552 g/mol. The van der Waals surface area contributed by atoms with Gasteiger partial charge in [-0.1, -0.05) is 139 Å². The van der Waals surface area contributed by atoms with Gasteiger partial charge in [0.25, 0.3) is 11.8 Å². The molecule has 1 aliphatic carbocycles. The van der Waals surface area contributed by atoms with Crippen LogP contribution >= 0.6 is 0 Å². The highest BCUT2D eigenvalue weighted by atomic mass is 16.2. The quantitative estimate of drug-likeness (QED) is 0.0632. The fourth-order valence-corrected chi connectivity index (χ4v) is 6.62. The molecule has 2 N–H and O–H groups in total. The molecule has 0 heterocycles. The zero-order chi connectivity index (χ0) is 29.1. The molecule has 0 atom stereocenters. The molecule has 218 valence electrons. The van der Waals surface area contributed by atoms with Gasteiger partial charge in [-0.05, 0) is 59.4 Å². The average Bonchev–Trinajstić information content (AvgIpc) is 3.29. The van der Waals surface area contributed by atoms with Gasteiger partial charge in [-0.2, -0.15) is 0 Å². The zero-order valence-corrected chi connectivity index (χ0v) is 25.2. The predicted molar refractivity (Wildman–Crippen MR) is 170 cm³/mol. The molecular formula is C37H48N2O2. The molecule has 0 bridgehead atoms. The Balaban J connectivity index is 1.64. The second kappa shape index (κ2) is 15.1. The molecule has 0 radical (unpaired) electrons. The van der Waals surface area contributed by atoms with Crippen molar-refractivity contribution in [3.63, 3.8) is 0 Å². The minimum Gasteiger partial charge on any atom is -0.267 e. The summed E-state index contributed by atoms with van der Waals surface area (Å²) in [5.74, 6) is 5.17. The minimum atomic E-state index is -0.496. The van der Waals surface area contributed by atoms with Crippen molar-refractivity contribution in [2.45, 2.75) is 109 Å². The predicted octanol–water partition coefficient (Wildman–Crippen LogP) is 9.61. The van der Waals surface area contributed by atoms with Gasteiger partial charge in [0.05, 0.1) is 0 Å². The number of imide groups is 1. The Morgan fingerprint density at radius 3 is 1.73 bits per heavy atom. The Morgan fingerprint density at radius 1 is 0.585 bits per heavy atom. The van der Waals surface area contributed by atoms with E-state index < -0.39 is 11.8 Å². The summed E-state index contributed by atoms with van der Waals surface area (Å²) >= 11 is 0. The second-order valence-corrected chi connectivity index (χ2v) is 11.8. The van der Waals surface area contributed by atoms with Crippen LogP contribution in [0.25, 0.3) is 11.1 Å². The van der Waals surface area contributed by atoms with E-state index in [0.717, 1.165) is 17.9 Å². The van der Waals surface area contributed by atoms with E-state index in [0.29, 0.717) is 11.1 Å². The molecule has 4 heteroatoms.